The molecule has 0 amide bonds. The molecule has 88 valence electrons. The van der Waals surface area contributed by atoms with Crippen molar-refractivity contribution < 1.29 is 4.74 Å². The monoisotopic (exact) mass is 237 g/mol. The van der Waals surface area contributed by atoms with E-state index in [0.717, 1.165) is 37.4 Å². The van der Waals surface area contributed by atoms with E-state index in [4.69, 9.17) is 10.5 Å². The molecule has 0 spiro atoms. The van der Waals surface area contributed by atoms with Gasteiger partial charge in [0, 0.05) is 6.04 Å². The van der Waals surface area contributed by atoms with Crippen LogP contribution in [0.3, 0.4) is 0 Å². The summed E-state index contributed by atoms with van der Waals surface area (Å²) in [5.74, 6) is 2.16. The first kappa shape index (κ1) is 11.8. The van der Waals surface area contributed by atoms with Gasteiger partial charge in [-0.3, -0.25) is 0 Å². The zero-order valence-electron chi connectivity index (χ0n) is 9.74. The fourth-order valence-corrected chi connectivity index (χ4v) is 2.52. The van der Waals surface area contributed by atoms with Gasteiger partial charge in [0.1, 0.15) is 5.75 Å². The van der Waals surface area contributed by atoms with Gasteiger partial charge in [-0.25, -0.2) is 0 Å². The van der Waals surface area contributed by atoms with Gasteiger partial charge in [-0.15, -0.1) is 0 Å². The number of ether oxygens (including phenoxy) is 1. The maximum atomic E-state index is 5.99. The normalized spacial score (nSPS) is 18.5. The van der Waals surface area contributed by atoms with Gasteiger partial charge in [-0.05, 0) is 54.5 Å². The number of thioether (sulfide) groups is 1. The third-order valence-electron chi connectivity index (χ3n) is 3.00. The van der Waals surface area contributed by atoms with E-state index in [1.807, 2.05) is 17.8 Å². The van der Waals surface area contributed by atoms with E-state index in [2.05, 4.69) is 18.4 Å². The van der Waals surface area contributed by atoms with Crippen molar-refractivity contribution in [2.24, 2.45) is 5.73 Å². The summed E-state index contributed by atoms with van der Waals surface area (Å²) < 4.78 is 5.71. The van der Waals surface area contributed by atoms with Gasteiger partial charge < -0.3 is 10.5 Å². The van der Waals surface area contributed by atoms with Crippen molar-refractivity contribution in [2.75, 3.05) is 18.6 Å². The number of hydrogen-bond acceptors (Lipinski definition) is 3. The molecule has 2 rings (SSSR count). The Morgan fingerprint density at radius 1 is 1.50 bits per heavy atom. The molecule has 0 aromatic heterocycles. The highest BCUT2D eigenvalue weighted by molar-refractivity contribution is 7.98. The van der Waals surface area contributed by atoms with Crippen LogP contribution in [0, 0.1) is 0 Å². The molecule has 0 fully saturated rings. The SMILES string of the molecule is CSCCCOc1ccc2c(c1)CCC2N. The first-order valence-corrected chi connectivity index (χ1v) is 7.21. The lowest BCUT2D eigenvalue weighted by Crippen LogP contribution is -2.05. The first-order valence-electron chi connectivity index (χ1n) is 5.81. The smallest absolute Gasteiger partial charge is 0.119 e. The van der Waals surface area contributed by atoms with Crippen LogP contribution in [0.2, 0.25) is 0 Å². The molecular weight excluding hydrogens is 218 g/mol. The Kier molecular flexibility index (Phi) is 4.13. The second-order valence-electron chi connectivity index (χ2n) is 4.20. The molecular formula is C13H19NOS. The van der Waals surface area contributed by atoms with Crippen molar-refractivity contribution in [1.29, 1.82) is 0 Å². The molecule has 0 saturated heterocycles. The molecule has 0 heterocycles. The molecule has 1 atom stereocenters. The van der Waals surface area contributed by atoms with Gasteiger partial charge in [-0.2, -0.15) is 11.8 Å². The van der Waals surface area contributed by atoms with Crippen molar-refractivity contribution >= 4 is 11.8 Å². The Morgan fingerprint density at radius 2 is 2.38 bits per heavy atom. The van der Waals surface area contributed by atoms with E-state index in [9.17, 15) is 0 Å². The molecule has 1 aliphatic carbocycles. The average Bonchev–Trinajstić information content (AvgIpc) is 2.66. The lowest BCUT2D eigenvalue weighted by Gasteiger charge is -2.09. The second kappa shape index (κ2) is 5.60. The van der Waals surface area contributed by atoms with Crippen LogP contribution in [0.25, 0.3) is 0 Å². The zero-order valence-corrected chi connectivity index (χ0v) is 10.6. The summed E-state index contributed by atoms with van der Waals surface area (Å²) in [6.45, 7) is 0.811. The van der Waals surface area contributed by atoms with Crippen molar-refractivity contribution in [2.45, 2.75) is 25.3 Å². The highest BCUT2D eigenvalue weighted by atomic mass is 32.2. The van der Waals surface area contributed by atoms with Gasteiger partial charge >= 0.3 is 0 Å². The first-order chi connectivity index (χ1) is 7.81. The van der Waals surface area contributed by atoms with E-state index in [0.29, 0.717) is 0 Å². The molecule has 1 aliphatic rings. The zero-order chi connectivity index (χ0) is 11.4. The molecule has 2 nitrogen and oxygen atoms in total. The number of nitrogens with two attached hydrogens (primary N) is 1. The van der Waals surface area contributed by atoms with Crippen molar-refractivity contribution in [1.82, 2.24) is 0 Å². The average molecular weight is 237 g/mol. The number of fused-ring (bicyclic) bond motifs is 1. The minimum atomic E-state index is 0.237. The van der Waals surface area contributed by atoms with Crippen LogP contribution in [0.4, 0.5) is 0 Å². The maximum absolute atomic E-state index is 5.99. The molecule has 16 heavy (non-hydrogen) atoms. The lowest BCUT2D eigenvalue weighted by atomic mass is 10.1. The summed E-state index contributed by atoms with van der Waals surface area (Å²) >= 11 is 1.86. The van der Waals surface area contributed by atoms with Crippen molar-refractivity contribution in [3.05, 3.63) is 29.3 Å². The predicted octanol–water partition coefficient (Wildman–Crippen LogP) is 2.76. The van der Waals surface area contributed by atoms with Gasteiger partial charge in [0.05, 0.1) is 6.61 Å². The van der Waals surface area contributed by atoms with Crippen LogP contribution in [0.5, 0.6) is 5.75 Å². The summed E-state index contributed by atoms with van der Waals surface area (Å²) in [5.41, 5.74) is 8.67. The number of benzene rings is 1. The Balaban J connectivity index is 1.92. The Labute approximate surface area is 102 Å². The molecule has 1 unspecified atom stereocenters. The van der Waals surface area contributed by atoms with E-state index in [1.54, 1.807) is 0 Å². The summed E-state index contributed by atoms with van der Waals surface area (Å²) in [5, 5.41) is 0. The molecule has 1 aromatic carbocycles. The van der Waals surface area contributed by atoms with Crippen LogP contribution in [-0.4, -0.2) is 18.6 Å². The van der Waals surface area contributed by atoms with E-state index < -0.39 is 0 Å². The minimum absolute atomic E-state index is 0.237. The Morgan fingerprint density at radius 3 is 3.19 bits per heavy atom. The van der Waals surface area contributed by atoms with Crippen LogP contribution < -0.4 is 10.5 Å². The van der Waals surface area contributed by atoms with Crippen molar-refractivity contribution in [3.8, 4) is 5.75 Å². The van der Waals surface area contributed by atoms with E-state index in [1.165, 1.54) is 11.1 Å². The van der Waals surface area contributed by atoms with E-state index in [-0.39, 0.29) is 6.04 Å². The summed E-state index contributed by atoms with van der Waals surface area (Å²) in [6.07, 6.45) is 5.40. The van der Waals surface area contributed by atoms with Gasteiger partial charge in [0.25, 0.3) is 0 Å². The molecule has 1 aromatic rings. The van der Waals surface area contributed by atoms with Crippen LogP contribution in [0.15, 0.2) is 18.2 Å². The summed E-state index contributed by atoms with van der Waals surface area (Å²) in [4.78, 5) is 0. The molecule has 2 N–H and O–H groups in total. The third-order valence-corrected chi connectivity index (χ3v) is 3.70. The quantitative estimate of drug-likeness (QED) is 0.800. The summed E-state index contributed by atoms with van der Waals surface area (Å²) in [7, 11) is 0. The molecule has 0 bridgehead atoms. The number of rotatable bonds is 5. The van der Waals surface area contributed by atoms with Gasteiger partial charge in [0.15, 0.2) is 0 Å². The Bertz CT molecular complexity index is 354. The van der Waals surface area contributed by atoms with Crippen LogP contribution in [0.1, 0.15) is 30.0 Å². The molecule has 0 radical (unpaired) electrons. The fraction of sp³-hybridized carbons (Fsp3) is 0.538. The van der Waals surface area contributed by atoms with Crippen LogP contribution >= 0.6 is 11.8 Å². The topological polar surface area (TPSA) is 35.2 Å². The number of aryl methyl sites for hydroxylation is 1. The standard InChI is InChI=1S/C13H19NOS/c1-16-8-2-7-15-11-4-5-12-10(9-11)3-6-13(12)14/h4-5,9,13H,2-3,6-8,14H2,1H3. The molecule has 3 heteroatoms. The highest BCUT2D eigenvalue weighted by Gasteiger charge is 2.18. The Hall–Kier alpha value is -0.670. The highest BCUT2D eigenvalue weighted by Crippen LogP contribution is 2.31. The lowest BCUT2D eigenvalue weighted by molar-refractivity contribution is 0.318. The van der Waals surface area contributed by atoms with E-state index >= 15 is 0 Å². The number of hydrogen-bond donors (Lipinski definition) is 1. The molecule has 0 aliphatic heterocycles. The summed E-state index contributed by atoms with van der Waals surface area (Å²) in [6, 6.07) is 6.56. The van der Waals surface area contributed by atoms with Gasteiger partial charge in [-0.1, -0.05) is 6.07 Å². The fourth-order valence-electron chi connectivity index (χ4n) is 2.11. The third kappa shape index (κ3) is 2.71. The maximum Gasteiger partial charge on any atom is 0.119 e. The second-order valence-corrected chi connectivity index (χ2v) is 5.19. The predicted molar refractivity (Wildman–Crippen MR) is 70.2 cm³/mol. The van der Waals surface area contributed by atoms with Crippen LogP contribution in [-0.2, 0) is 6.42 Å². The minimum Gasteiger partial charge on any atom is -0.494 e. The van der Waals surface area contributed by atoms with Crippen molar-refractivity contribution in [3.63, 3.8) is 0 Å². The van der Waals surface area contributed by atoms with Gasteiger partial charge in [0.2, 0.25) is 0 Å². The molecule has 0 saturated carbocycles. The largest absolute Gasteiger partial charge is 0.494 e.